The van der Waals surface area contributed by atoms with E-state index in [4.69, 9.17) is 17.3 Å². The third kappa shape index (κ3) is 3.00. The summed E-state index contributed by atoms with van der Waals surface area (Å²) in [6.45, 7) is 0. The number of primary amides is 1. The van der Waals surface area contributed by atoms with E-state index in [9.17, 15) is 18.0 Å². The average Bonchev–Trinajstić information content (AvgIpc) is 2.14. The zero-order valence-electron chi connectivity index (χ0n) is 7.88. The fraction of sp³-hybridized carbons (Fsp3) is 0.100. The summed E-state index contributed by atoms with van der Waals surface area (Å²) in [7, 11) is 0. The summed E-state index contributed by atoms with van der Waals surface area (Å²) in [5.41, 5.74) is 3.97. The monoisotopic (exact) mass is 249 g/mol. The lowest BCUT2D eigenvalue weighted by Gasteiger charge is -2.10. The molecular weight excluding hydrogens is 243 g/mol. The van der Waals surface area contributed by atoms with Gasteiger partial charge in [0.1, 0.15) is 0 Å². The Bertz CT molecular complexity index is 440. The van der Waals surface area contributed by atoms with E-state index in [1.54, 1.807) is 0 Å². The van der Waals surface area contributed by atoms with Gasteiger partial charge in [-0.05, 0) is 17.7 Å². The number of hydrogen-bond donors (Lipinski definition) is 1. The van der Waals surface area contributed by atoms with Gasteiger partial charge in [-0.15, -0.1) is 0 Å². The van der Waals surface area contributed by atoms with Crippen molar-refractivity contribution < 1.29 is 18.0 Å². The Kier molecular flexibility index (Phi) is 3.59. The second-order valence-corrected chi connectivity index (χ2v) is 3.32. The second kappa shape index (κ2) is 4.57. The van der Waals surface area contributed by atoms with Gasteiger partial charge in [0.05, 0.1) is 10.6 Å². The van der Waals surface area contributed by atoms with Crippen molar-refractivity contribution in [1.29, 1.82) is 0 Å². The number of nitrogens with two attached hydrogens (primary N) is 1. The molecule has 0 saturated carbocycles. The second-order valence-electron chi connectivity index (χ2n) is 2.94. The van der Waals surface area contributed by atoms with Crippen LogP contribution in [0.2, 0.25) is 5.02 Å². The van der Waals surface area contributed by atoms with Gasteiger partial charge in [0.15, 0.2) is 0 Å². The molecule has 0 spiro atoms. The number of carbonyl (C=O) groups excluding carboxylic acids is 1. The van der Waals surface area contributed by atoms with Gasteiger partial charge in [-0.3, -0.25) is 4.79 Å². The van der Waals surface area contributed by atoms with Crippen molar-refractivity contribution in [3.8, 4) is 0 Å². The van der Waals surface area contributed by atoms with Gasteiger partial charge in [-0.1, -0.05) is 23.7 Å². The zero-order chi connectivity index (χ0) is 12.3. The molecule has 1 rings (SSSR count). The van der Waals surface area contributed by atoms with E-state index in [1.807, 2.05) is 0 Å². The highest BCUT2D eigenvalue weighted by Gasteiger charge is 2.33. The maximum Gasteiger partial charge on any atom is 0.417 e. The topological polar surface area (TPSA) is 43.1 Å². The molecule has 1 aromatic carbocycles. The van der Waals surface area contributed by atoms with Crippen molar-refractivity contribution in [2.24, 2.45) is 5.73 Å². The first-order valence-corrected chi connectivity index (χ1v) is 4.53. The minimum atomic E-state index is -4.52. The van der Waals surface area contributed by atoms with E-state index in [-0.39, 0.29) is 5.56 Å². The molecule has 0 aliphatic heterocycles. The molecular formula is C10H7ClF3NO. The summed E-state index contributed by atoms with van der Waals surface area (Å²) in [6, 6.07) is 3.43. The summed E-state index contributed by atoms with van der Waals surface area (Å²) in [6.07, 6.45) is -2.44. The lowest BCUT2D eigenvalue weighted by atomic mass is 10.1. The molecule has 0 atom stereocenters. The molecule has 0 heterocycles. The van der Waals surface area contributed by atoms with Crippen LogP contribution in [-0.4, -0.2) is 5.91 Å². The SMILES string of the molecule is NC(=O)/C=C/c1cccc(C(F)(F)F)c1Cl. The van der Waals surface area contributed by atoms with Crippen molar-refractivity contribution in [1.82, 2.24) is 0 Å². The Morgan fingerprint density at radius 3 is 2.50 bits per heavy atom. The number of alkyl halides is 3. The van der Waals surface area contributed by atoms with Crippen molar-refractivity contribution >= 4 is 23.6 Å². The van der Waals surface area contributed by atoms with Gasteiger partial charge in [0.25, 0.3) is 0 Å². The third-order valence-electron chi connectivity index (χ3n) is 1.76. The van der Waals surface area contributed by atoms with Gasteiger partial charge < -0.3 is 5.73 Å². The largest absolute Gasteiger partial charge is 0.417 e. The highest BCUT2D eigenvalue weighted by Crippen LogP contribution is 2.36. The molecule has 0 aliphatic rings. The van der Waals surface area contributed by atoms with E-state index in [0.29, 0.717) is 0 Å². The number of halogens is 4. The van der Waals surface area contributed by atoms with Crippen LogP contribution in [0, 0.1) is 0 Å². The molecule has 2 nitrogen and oxygen atoms in total. The maximum atomic E-state index is 12.4. The van der Waals surface area contributed by atoms with Crippen molar-refractivity contribution in [2.45, 2.75) is 6.18 Å². The summed E-state index contributed by atoms with van der Waals surface area (Å²) in [5.74, 6) is -0.756. The first-order chi connectivity index (χ1) is 7.32. The van der Waals surface area contributed by atoms with Crippen molar-refractivity contribution in [2.75, 3.05) is 0 Å². The highest BCUT2D eigenvalue weighted by molar-refractivity contribution is 6.33. The van der Waals surface area contributed by atoms with Crippen LogP contribution in [0.3, 0.4) is 0 Å². The van der Waals surface area contributed by atoms with Crippen LogP contribution in [0.25, 0.3) is 6.08 Å². The van der Waals surface area contributed by atoms with Gasteiger partial charge in [-0.25, -0.2) is 0 Å². The molecule has 86 valence electrons. The van der Waals surface area contributed by atoms with Crippen molar-refractivity contribution in [3.63, 3.8) is 0 Å². The fourth-order valence-electron chi connectivity index (χ4n) is 1.07. The zero-order valence-corrected chi connectivity index (χ0v) is 8.64. The van der Waals surface area contributed by atoms with Crippen LogP contribution in [0.4, 0.5) is 13.2 Å². The molecule has 0 fully saturated rings. The van der Waals surface area contributed by atoms with Gasteiger partial charge in [0, 0.05) is 6.08 Å². The third-order valence-corrected chi connectivity index (χ3v) is 2.18. The molecule has 1 aromatic rings. The molecule has 1 amide bonds. The van der Waals surface area contributed by atoms with Gasteiger partial charge in [-0.2, -0.15) is 13.2 Å². The van der Waals surface area contributed by atoms with Crippen molar-refractivity contribution in [3.05, 3.63) is 40.4 Å². The number of rotatable bonds is 2. The number of carbonyl (C=O) groups is 1. The quantitative estimate of drug-likeness (QED) is 0.805. The lowest BCUT2D eigenvalue weighted by Crippen LogP contribution is -2.07. The van der Waals surface area contributed by atoms with E-state index in [1.165, 1.54) is 12.1 Å². The van der Waals surface area contributed by atoms with Crippen LogP contribution in [-0.2, 0) is 11.0 Å². The number of amides is 1. The number of hydrogen-bond acceptors (Lipinski definition) is 1. The van der Waals surface area contributed by atoms with E-state index >= 15 is 0 Å². The Balaban J connectivity index is 3.19. The Morgan fingerprint density at radius 1 is 1.38 bits per heavy atom. The first kappa shape index (κ1) is 12.6. The summed E-state index contributed by atoms with van der Waals surface area (Å²) in [4.78, 5) is 10.4. The molecule has 6 heteroatoms. The molecule has 0 aliphatic carbocycles. The van der Waals surface area contributed by atoms with Gasteiger partial charge in [0.2, 0.25) is 5.91 Å². The van der Waals surface area contributed by atoms with Crippen LogP contribution >= 0.6 is 11.6 Å². The maximum absolute atomic E-state index is 12.4. The van der Waals surface area contributed by atoms with Crippen LogP contribution in [0.15, 0.2) is 24.3 Å². The Hall–Kier alpha value is -1.49. The molecule has 0 radical (unpaired) electrons. The average molecular weight is 250 g/mol. The first-order valence-electron chi connectivity index (χ1n) is 4.15. The standard InChI is InChI=1S/C10H7ClF3NO/c11-9-6(4-5-8(15)16)2-1-3-7(9)10(12,13)14/h1-5H,(H2,15,16)/b5-4+. The summed E-state index contributed by atoms with van der Waals surface area (Å²) < 4.78 is 37.3. The summed E-state index contributed by atoms with van der Waals surface area (Å²) in [5, 5.41) is -0.451. The molecule has 0 bridgehead atoms. The molecule has 0 aromatic heterocycles. The Labute approximate surface area is 94.5 Å². The van der Waals surface area contributed by atoms with E-state index < -0.39 is 22.7 Å². The van der Waals surface area contributed by atoms with Crippen LogP contribution in [0.5, 0.6) is 0 Å². The predicted octanol–water partition coefficient (Wildman–Crippen LogP) is 2.86. The minimum absolute atomic E-state index is 0.0929. The van der Waals surface area contributed by atoms with E-state index in [0.717, 1.165) is 18.2 Å². The molecule has 0 unspecified atom stereocenters. The molecule has 16 heavy (non-hydrogen) atoms. The Morgan fingerprint density at radius 2 is 2.00 bits per heavy atom. The van der Waals surface area contributed by atoms with Gasteiger partial charge >= 0.3 is 6.18 Å². The molecule has 0 saturated heterocycles. The normalized spacial score (nSPS) is 12.0. The highest BCUT2D eigenvalue weighted by atomic mass is 35.5. The predicted molar refractivity (Wildman–Crippen MR) is 54.7 cm³/mol. The minimum Gasteiger partial charge on any atom is -0.366 e. The summed E-state index contributed by atoms with van der Waals surface area (Å²) >= 11 is 5.55. The van der Waals surface area contributed by atoms with E-state index in [2.05, 4.69) is 0 Å². The number of benzene rings is 1. The smallest absolute Gasteiger partial charge is 0.366 e. The lowest BCUT2D eigenvalue weighted by molar-refractivity contribution is -0.137. The fourth-order valence-corrected chi connectivity index (χ4v) is 1.37. The van der Waals surface area contributed by atoms with Crippen LogP contribution in [0.1, 0.15) is 11.1 Å². The van der Waals surface area contributed by atoms with Crippen LogP contribution < -0.4 is 5.73 Å². The molecule has 2 N–H and O–H groups in total.